The fourth-order valence-electron chi connectivity index (χ4n) is 3.12. The molecule has 0 radical (unpaired) electrons. The lowest BCUT2D eigenvalue weighted by atomic mass is 10.1. The van der Waals surface area contributed by atoms with Crippen LogP contribution >= 0.6 is 0 Å². The van der Waals surface area contributed by atoms with Crippen LogP contribution in [-0.2, 0) is 21.2 Å². The number of carbonyl (C=O) groups is 1. The minimum atomic E-state index is -3.81. The Hall–Kier alpha value is -2.34. The highest BCUT2D eigenvalue weighted by Gasteiger charge is 2.29. The Morgan fingerprint density at radius 3 is 2.19 bits per heavy atom. The van der Waals surface area contributed by atoms with E-state index >= 15 is 0 Å². The molecule has 2 aromatic carbocycles. The molecule has 0 spiro atoms. The van der Waals surface area contributed by atoms with Crippen molar-refractivity contribution in [2.75, 3.05) is 23.9 Å². The Kier molecular flexibility index (Phi) is 5.61. The van der Waals surface area contributed by atoms with Crippen LogP contribution in [0, 0.1) is 0 Å². The van der Waals surface area contributed by atoms with E-state index in [1.165, 1.54) is 4.31 Å². The van der Waals surface area contributed by atoms with Gasteiger partial charge in [0, 0.05) is 13.1 Å². The molecule has 0 N–H and O–H groups in total. The molecule has 138 valence electrons. The fourth-order valence-corrected chi connectivity index (χ4v) is 4.56. The van der Waals surface area contributed by atoms with Crippen molar-refractivity contribution in [2.24, 2.45) is 0 Å². The molecule has 1 heterocycles. The van der Waals surface area contributed by atoms with Crippen LogP contribution in [0.1, 0.15) is 25.3 Å². The van der Waals surface area contributed by atoms with E-state index in [0.29, 0.717) is 18.8 Å². The van der Waals surface area contributed by atoms with E-state index < -0.39 is 10.0 Å². The third-order valence-electron chi connectivity index (χ3n) is 4.70. The zero-order valence-corrected chi connectivity index (χ0v) is 15.8. The van der Waals surface area contributed by atoms with Gasteiger partial charge in [-0.15, -0.1) is 0 Å². The third kappa shape index (κ3) is 3.90. The van der Waals surface area contributed by atoms with Crippen molar-refractivity contribution in [3.05, 3.63) is 60.2 Å². The summed E-state index contributed by atoms with van der Waals surface area (Å²) in [5, 5.41) is 0. The van der Waals surface area contributed by atoms with Gasteiger partial charge < -0.3 is 4.90 Å². The molecule has 26 heavy (non-hydrogen) atoms. The van der Waals surface area contributed by atoms with Crippen LogP contribution in [0.25, 0.3) is 0 Å². The number of anilines is 1. The van der Waals surface area contributed by atoms with Crippen molar-refractivity contribution in [1.82, 2.24) is 4.90 Å². The number of sulfonamides is 1. The number of nitrogens with zero attached hydrogens (tertiary/aromatic N) is 2. The zero-order valence-electron chi connectivity index (χ0n) is 15.0. The average Bonchev–Trinajstić information content (AvgIpc) is 3.21. The monoisotopic (exact) mass is 372 g/mol. The minimum absolute atomic E-state index is 0.151. The summed E-state index contributed by atoms with van der Waals surface area (Å²) in [6.45, 7) is 3.27. The van der Waals surface area contributed by atoms with Gasteiger partial charge in [0.1, 0.15) is 6.54 Å². The van der Waals surface area contributed by atoms with E-state index in [-0.39, 0.29) is 17.3 Å². The molecule has 3 rings (SSSR count). The van der Waals surface area contributed by atoms with Gasteiger partial charge in [-0.2, -0.15) is 0 Å². The first-order valence-corrected chi connectivity index (χ1v) is 10.4. The van der Waals surface area contributed by atoms with Crippen LogP contribution in [0.15, 0.2) is 59.5 Å². The van der Waals surface area contributed by atoms with Crippen LogP contribution < -0.4 is 4.31 Å². The van der Waals surface area contributed by atoms with Gasteiger partial charge in [0.25, 0.3) is 10.0 Å². The van der Waals surface area contributed by atoms with Gasteiger partial charge in [0.05, 0.1) is 10.6 Å². The number of likely N-dealkylation sites (tertiary alicyclic amines) is 1. The minimum Gasteiger partial charge on any atom is -0.341 e. The molecular weight excluding hydrogens is 348 g/mol. The van der Waals surface area contributed by atoms with Crippen molar-refractivity contribution >= 4 is 21.6 Å². The largest absolute Gasteiger partial charge is 0.341 e. The molecule has 1 aliphatic heterocycles. The Bertz CT molecular complexity index is 842. The number of hydrogen-bond acceptors (Lipinski definition) is 3. The van der Waals surface area contributed by atoms with Crippen LogP contribution in [0.3, 0.4) is 0 Å². The maximum atomic E-state index is 13.2. The van der Waals surface area contributed by atoms with E-state index in [1.807, 2.05) is 19.1 Å². The lowest BCUT2D eigenvalue weighted by Crippen LogP contribution is -2.42. The van der Waals surface area contributed by atoms with Gasteiger partial charge in [0.2, 0.25) is 5.91 Å². The lowest BCUT2D eigenvalue weighted by Gasteiger charge is -2.26. The first-order valence-electron chi connectivity index (χ1n) is 8.97. The molecule has 0 saturated carbocycles. The summed E-state index contributed by atoms with van der Waals surface area (Å²) in [6.07, 6.45) is 2.82. The summed E-state index contributed by atoms with van der Waals surface area (Å²) in [6, 6.07) is 15.6. The number of hydrogen-bond donors (Lipinski definition) is 0. The van der Waals surface area contributed by atoms with Crippen molar-refractivity contribution < 1.29 is 13.2 Å². The predicted octanol–water partition coefficient (Wildman–Crippen LogP) is 3.07. The quantitative estimate of drug-likeness (QED) is 0.783. The van der Waals surface area contributed by atoms with Crippen LogP contribution in [0.2, 0.25) is 0 Å². The van der Waals surface area contributed by atoms with Gasteiger partial charge >= 0.3 is 0 Å². The van der Waals surface area contributed by atoms with Crippen molar-refractivity contribution in [1.29, 1.82) is 0 Å². The molecule has 5 nitrogen and oxygen atoms in total. The fraction of sp³-hybridized carbons (Fsp3) is 0.350. The average molecular weight is 372 g/mol. The number of benzene rings is 2. The van der Waals surface area contributed by atoms with Crippen LogP contribution in [0.5, 0.6) is 0 Å². The Morgan fingerprint density at radius 2 is 1.62 bits per heavy atom. The van der Waals surface area contributed by atoms with Gasteiger partial charge in [-0.25, -0.2) is 8.42 Å². The van der Waals surface area contributed by atoms with E-state index in [1.54, 1.807) is 47.4 Å². The molecule has 0 bridgehead atoms. The SMILES string of the molecule is CCc1ccc(N(CC(=O)N2CCCC2)S(=O)(=O)c2ccccc2)cc1. The second kappa shape index (κ2) is 7.91. The van der Waals surface area contributed by atoms with E-state index in [4.69, 9.17) is 0 Å². The maximum Gasteiger partial charge on any atom is 0.264 e. The first-order chi connectivity index (χ1) is 12.5. The maximum absolute atomic E-state index is 13.2. The second-order valence-corrected chi connectivity index (χ2v) is 8.29. The topological polar surface area (TPSA) is 57.7 Å². The zero-order chi connectivity index (χ0) is 18.6. The summed E-state index contributed by atoms with van der Waals surface area (Å²) in [5.74, 6) is -0.151. The smallest absolute Gasteiger partial charge is 0.264 e. The summed E-state index contributed by atoms with van der Waals surface area (Å²) in [4.78, 5) is 14.6. The normalized spacial score (nSPS) is 14.4. The molecular formula is C20H24N2O3S. The standard InChI is InChI=1S/C20H24N2O3S/c1-2-17-10-12-18(13-11-17)22(16-20(23)21-14-6-7-15-21)26(24,25)19-8-4-3-5-9-19/h3-5,8-13H,2,6-7,14-16H2,1H3. The van der Waals surface area contributed by atoms with Crippen LogP contribution in [0.4, 0.5) is 5.69 Å². The van der Waals surface area contributed by atoms with E-state index in [2.05, 4.69) is 0 Å². The lowest BCUT2D eigenvalue weighted by molar-refractivity contribution is -0.128. The highest BCUT2D eigenvalue weighted by atomic mass is 32.2. The first kappa shape index (κ1) is 18.5. The molecule has 2 aromatic rings. The molecule has 1 fully saturated rings. The predicted molar refractivity (Wildman–Crippen MR) is 103 cm³/mol. The van der Waals surface area contributed by atoms with Gasteiger partial charge in [0.15, 0.2) is 0 Å². The summed E-state index contributed by atoms with van der Waals surface area (Å²) in [5.41, 5.74) is 1.63. The molecule has 0 aliphatic carbocycles. The summed E-state index contributed by atoms with van der Waals surface area (Å²) in [7, 11) is -3.81. The number of carbonyl (C=O) groups excluding carboxylic acids is 1. The molecule has 6 heteroatoms. The van der Waals surface area contributed by atoms with E-state index in [9.17, 15) is 13.2 Å². The molecule has 0 unspecified atom stereocenters. The molecule has 0 aromatic heterocycles. The third-order valence-corrected chi connectivity index (χ3v) is 6.49. The van der Waals surface area contributed by atoms with Crippen LogP contribution in [-0.4, -0.2) is 38.9 Å². The van der Waals surface area contributed by atoms with Gasteiger partial charge in [-0.05, 0) is 49.1 Å². The van der Waals surface area contributed by atoms with Crippen molar-refractivity contribution in [3.63, 3.8) is 0 Å². The van der Waals surface area contributed by atoms with Crippen molar-refractivity contribution in [2.45, 2.75) is 31.1 Å². The highest BCUT2D eigenvalue weighted by Crippen LogP contribution is 2.25. The highest BCUT2D eigenvalue weighted by molar-refractivity contribution is 7.92. The Balaban J connectivity index is 1.96. The summed E-state index contributed by atoms with van der Waals surface area (Å²) >= 11 is 0. The Morgan fingerprint density at radius 1 is 1.00 bits per heavy atom. The number of rotatable bonds is 6. The van der Waals surface area contributed by atoms with E-state index in [0.717, 1.165) is 24.8 Å². The second-order valence-electron chi connectivity index (χ2n) is 6.43. The summed E-state index contributed by atoms with van der Waals surface area (Å²) < 4.78 is 27.6. The molecule has 1 aliphatic rings. The molecule has 0 atom stereocenters. The van der Waals surface area contributed by atoms with Gasteiger partial charge in [-0.1, -0.05) is 37.3 Å². The molecule has 1 amide bonds. The number of amides is 1. The number of aryl methyl sites for hydroxylation is 1. The Labute approximate surface area is 155 Å². The van der Waals surface area contributed by atoms with Crippen molar-refractivity contribution in [3.8, 4) is 0 Å². The van der Waals surface area contributed by atoms with Gasteiger partial charge in [-0.3, -0.25) is 9.10 Å². The molecule has 1 saturated heterocycles.